The summed E-state index contributed by atoms with van der Waals surface area (Å²) in [6.45, 7) is 11.9. The number of alkyl halides is 3. The predicted octanol–water partition coefficient (Wildman–Crippen LogP) is 4.74. The Morgan fingerprint density at radius 1 is 0.837 bits per heavy atom. The molecule has 2 aliphatic carbocycles. The Hall–Kier alpha value is -3.64. The van der Waals surface area contributed by atoms with Crippen LogP contribution in [0, 0.1) is 0 Å². The molecule has 0 spiro atoms. The molecule has 4 rings (SSSR count). The molecule has 2 heterocycles. The molecule has 2 aromatic rings. The topological polar surface area (TPSA) is 172 Å². The van der Waals surface area contributed by atoms with Gasteiger partial charge in [0.15, 0.2) is 0 Å². The van der Waals surface area contributed by atoms with Crippen LogP contribution in [0.5, 0.6) is 0 Å². The average Bonchev–Trinajstić information content (AvgIpc) is 3.73. The molecule has 0 unspecified atom stereocenters. The van der Waals surface area contributed by atoms with Gasteiger partial charge in [-0.05, 0) is 104 Å². The fourth-order valence-corrected chi connectivity index (χ4v) is 5.68. The van der Waals surface area contributed by atoms with Crippen molar-refractivity contribution in [3.63, 3.8) is 0 Å². The minimum absolute atomic E-state index is 0.0382. The lowest BCUT2D eigenvalue weighted by molar-refractivity contribution is -0.139. The van der Waals surface area contributed by atoms with Gasteiger partial charge in [0, 0.05) is 36.5 Å². The first-order valence-corrected chi connectivity index (χ1v) is 17.6. The third-order valence-corrected chi connectivity index (χ3v) is 8.33. The highest BCUT2D eigenvalue weighted by Crippen LogP contribution is 2.34. The maximum absolute atomic E-state index is 12.2. The van der Waals surface area contributed by atoms with Crippen molar-refractivity contribution in [3.05, 3.63) is 47.1 Å². The Morgan fingerprint density at radius 3 is 1.84 bits per heavy atom. The van der Waals surface area contributed by atoms with E-state index >= 15 is 0 Å². The number of halogens is 3. The molecule has 13 nitrogen and oxygen atoms in total. The zero-order valence-electron chi connectivity index (χ0n) is 28.7. The summed E-state index contributed by atoms with van der Waals surface area (Å²) in [5.41, 5.74) is -2.19. The number of hydrogen-bond donors (Lipinski definition) is 2. The molecule has 2 aromatic heterocycles. The van der Waals surface area contributed by atoms with Crippen molar-refractivity contribution in [1.82, 2.24) is 19.6 Å². The van der Waals surface area contributed by atoms with Crippen LogP contribution in [0.4, 0.5) is 13.2 Å². The third-order valence-electron chi connectivity index (χ3n) is 7.35. The van der Waals surface area contributed by atoms with Gasteiger partial charge in [0.25, 0.3) is 0 Å². The van der Waals surface area contributed by atoms with Crippen LogP contribution in [0.1, 0.15) is 111 Å². The first-order valence-electron chi connectivity index (χ1n) is 16.2. The molecule has 2 N–H and O–H groups in total. The quantitative estimate of drug-likeness (QED) is 0.150. The summed E-state index contributed by atoms with van der Waals surface area (Å²) in [6, 6.07) is 4.04. The van der Waals surface area contributed by atoms with Crippen LogP contribution in [-0.4, -0.2) is 75.8 Å². The van der Waals surface area contributed by atoms with Crippen LogP contribution in [0.3, 0.4) is 0 Å². The molecule has 18 heteroatoms. The summed E-state index contributed by atoms with van der Waals surface area (Å²) in [5, 5.41) is 26.0. The molecule has 0 atom stereocenters. The third kappa shape index (κ3) is 11.7. The number of aromatic nitrogens is 4. The van der Waals surface area contributed by atoms with Gasteiger partial charge in [0.05, 0.1) is 30.1 Å². The van der Waals surface area contributed by atoms with Crippen molar-refractivity contribution < 1.29 is 54.9 Å². The normalized spacial score (nSPS) is 15.3. The van der Waals surface area contributed by atoms with E-state index in [-0.39, 0.29) is 37.0 Å². The fraction of sp³-hybridized carbons (Fsp3) is 0.613. The molecule has 0 fully saturated rings. The molecular formula is C31H46BF3N4O9S. The number of allylic oxidation sites excluding steroid dienone is 2. The van der Waals surface area contributed by atoms with E-state index in [1.54, 1.807) is 23.1 Å². The first-order chi connectivity index (χ1) is 23.0. The molecule has 0 aliphatic heterocycles. The monoisotopic (exact) mass is 718 g/mol. The first kappa shape index (κ1) is 41.5. The van der Waals surface area contributed by atoms with Crippen molar-refractivity contribution in [1.29, 1.82) is 0 Å². The standard InChI is InChI=1S/C15H22N2O2.C10H13F3O5S.C6H11BN2O2/c1-4-19-15(18)13-8-6-5-7-12(13)14-9-10-16-17(14)11(2)3;1-2-17-9(14)7-5-3-4-6-8(7)18-19(15,16)10(11,12)13;1-5(2)9-6(7(10)11)3-4-8-9/h9-11H,4-8H2,1-3H3;2-6H2,1H3;3-5,10-11H,1-2H3. The molecule has 0 saturated heterocycles. The van der Waals surface area contributed by atoms with E-state index in [4.69, 9.17) is 14.8 Å². The van der Waals surface area contributed by atoms with Crippen LogP contribution in [0.15, 0.2) is 41.4 Å². The Balaban J connectivity index is 0.000000265. The molecule has 0 saturated carbocycles. The number of rotatable bonds is 10. The Kier molecular flexibility index (Phi) is 16.1. The van der Waals surface area contributed by atoms with Crippen LogP contribution in [0.2, 0.25) is 0 Å². The van der Waals surface area contributed by atoms with Gasteiger partial charge in [-0.15, -0.1) is 0 Å². The highest BCUT2D eigenvalue weighted by Gasteiger charge is 2.49. The maximum atomic E-state index is 12.2. The fourth-order valence-electron chi connectivity index (χ4n) is 5.14. The second-order valence-corrected chi connectivity index (χ2v) is 13.2. The molecule has 2 aliphatic rings. The second-order valence-electron chi connectivity index (χ2n) is 11.6. The van der Waals surface area contributed by atoms with Crippen molar-refractivity contribution in [2.45, 2.75) is 111 Å². The van der Waals surface area contributed by atoms with Crippen molar-refractivity contribution in [2.75, 3.05) is 13.2 Å². The van der Waals surface area contributed by atoms with Gasteiger partial charge in [-0.3, -0.25) is 9.36 Å². The number of carbonyl (C=O) groups excluding carboxylic acids is 2. The van der Waals surface area contributed by atoms with Gasteiger partial charge in [-0.2, -0.15) is 31.8 Å². The summed E-state index contributed by atoms with van der Waals surface area (Å²) in [6.07, 6.45) is 8.41. The SMILES string of the molecule is CC(C)n1nccc1B(O)O.CCOC(=O)C1=C(OS(=O)(=O)C(F)(F)F)CCCC1.CCOC(=O)C1=C(c2ccnn2C(C)C)CCCC1. The summed E-state index contributed by atoms with van der Waals surface area (Å²) in [4.78, 5) is 23.6. The Labute approximate surface area is 285 Å². The summed E-state index contributed by atoms with van der Waals surface area (Å²) < 4.78 is 75.9. The summed E-state index contributed by atoms with van der Waals surface area (Å²) in [5.74, 6) is -1.47. The van der Waals surface area contributed by atoms with E-state index in [0.717, 1.165) is 42.5 Å². The van der Waals surface area contributed by atoms with Gasteiger partial charge in [0.2, 0.25) is 0 Å². The van der Waals surface area contributed by atoms with E-state index in [2.05, 4.69) is 33.0 Å². The van der Waals surface area contributed by atoms with E-state index < -0.39 is 34.5 Å². The molecule has 49 heavy (non-hydrogen) atoms. The molecule has 0 bridgehead atoms. The zero-order chi connectivity index (χ0) is 36.9. The van der Waals surface area contributed by atoms with Crippen molar-refractivity contribution in [2.24, 2.45) is 0 Å². The van der Waals surface area contributed by atoms with Crippen LogP contribution in [0.25, 0.3) is 5.57 Å². The van der Waals surface area contributed by atoms with Crippen LogP contribution >= 0.6 is 0 Å². The average molecular weight is 719 g/mol. The number of hydrogen-bond acceptors (Lipinski definition) is 11. The highest BCUT2D eigenvalue weighted by atomic mass is 32.2. The minimum atomic E-state index is -5.74. The lowest BCUT2D eigenvalue weighted by Crippen LogP contribution is -2.37. The summed E-state index contributed by atoms with van der Waals surface area (Å²) in [7, 11) is -7.18. The zero-order valence-corrected chi connectivity index (χ0v) is 29.5. The van der Waals surface area contributed by atoms with Crippen molar-refractivity contribution in [3.8, 4) is 0 Å². The molecule has 0 radical (unpaired) electrons. The lowest BCUT2D eigenvalue weighted by Gasteiger charge is -2.21. The molecule has 0 aromatic carbocycles. The number of carbonyl (C=O) groups is 2. The lowest BCUT2D eigenvalue weighted by atomic mass is 9.86. The highest BCUT2D eigenvalue weighted by molar-refractivity contribution is 7.87. The molecular weight excluding hydrogens is 672 g/mol. The largest absolute Gasteiger partial charge is 0.534 e. The molecule has 274 valence electrons. The summed E-state index contributed by atoms with van der Waals surface area (Å²) >= 11 is 0. The van der Waals surface area contributed by atoms with Crippen LogP contribution < -0.4 is 5.59 Å². The Bertz CT molecular complexity index is 1540. The van der Waals surface area contributed by atoms with E-state index in [1.807, 2.05) is 31.5 Å². The van der Waals surface area contributed by atoms with Gasteiger partial charge in [-0.1, -0.05) is 0 Å². The minimum Gasteiger partial charge on any atom is -0.463 e. The maximum Gasteiger partial charge on any atom is 0.534 e. The smallest absolute Gasteiger partial charge is 0.463 e. The Morgan fingerprint density at radius 2 is 1.33 bits per heavy atom. The number of nitrogens with zero attached hydrogens (tertiary/aromatic N) is 4. The number of ether oxygens (including phenoxy) is 2. The predicted molar refractivity (Wildman–Crippen MR) is 175 cm³/mol. The van der Waals surface area contributed by atoms with Gasteiger partial charge >= 0.3 is 34.7 Å². The van der Waals surface area contributed by atoms with Gasteiger partial charge in [0.1, 0.15) is 5.76 Å². The van der Waals surface area contributed by atoms with Gasteiger partial charge in [-0.25, -0.2) is 9.59 Å². The molecule has 0 amide bonds. The van der Waals surface area contributed by atoms with E-state index in [1.165, 1.54) is 6.92 Å². The van der Waals surface area contributed by atoms with Crippen molar-refractivity contribution >= 4 is 40.3 Å². The van der Waals surface area contributed by atoms with E-state index in [0.29, 0.717) is 31.1 Å². The van der Waals surface area contributed by atoms with E-state index in [9.17, 15) is 31.2 Å². The number of esters is 2. The van der Waals surface area contributed by atoms with Crippen LogP contribution in [-0.2, 0) is 33.4 Å². The van der Waals surface area contributed by atoms with Gasteiger partial charge < -0.3 is 23.7 Å². The second kappa shape index (κ2) is 18.9.